The molecule has 0 bridgehead atoms. The van der Waals surface area contributed by atoms with E-state index in [9.17, 15) is 4.79 Å². The van der Waals surface area contributed by atoms with Crippen LogP contribution in [0.2, 0.25) is 0 Å². The Bertz CT molecular complexity index is 385. The van der Waals surface area contributed by atoms with Gasteiger partial charge in [0.15, 0.2) is 11.5 Å². The van der Waals surface area contributed by atoms with Crippen LogP contribution in [0.1, 0.15) is 10.5 Å². The van der Waals surface area contributed by atoms with Gasteiger partial charge in [-0.15, -0.1) is 0 Å². The second-order valence-corrected chi connectivity index (χ2v) is 2.32. The zero-order chi connectivity index (χ0) is 11.3. The number of carbonyl (C=O) groups is 1. The Labute approximate surface area is 84.2 Å². The van der Waals surface area contributed by atoms with Crippen LogP contribution in [0.5, 0.6) is 0 Å². The zero-order valence-corrected chi connectivity index (χ0v) is 7.51. The van der Waals surface area contributed by atoms with Crippen molar-refractivity contribution in [2.24, 2.45) is 16.7 Å². The molecule has 1 rings (SSSR count). The normalized spacial score (nSPS) is 9.20. The van der Waals surface area contributed by atoms with Crippen LogP contribution >= 0.6 is 0 Å². The predicted octanol–water partition coefficient (Wildman–Crippen LogP) is -1.91. The van der Waals surface area contributed by atoms with Crippen LogP contribution in [0.4, 0.5) is 5.82 Å². The molecule has 0 fully saturated rings. The lowest BCUT2D eigenvalue weighted by molar-refractivity contribution is 0.0690. The number of hydrazine groups is 2. The van der Waals surface area contributed by atoms with Gasteiger partial charge in [-0.25, -0.2) is 26.4 Å². The molecule has 0 saturated carbocycles. The lowest BCUT2D eigenvalue weighted by Gasteiger charge is -2.02. The van der Waals surface area contributed by atoms with Crippen LogP contribution in [0.15, 0.2) is 17.4 Å². The summed E-state index contributed by atoms with van der Waals surface area (Å²) in [5, 5.41) is 8.64. The first-order valence-electron chi connectivity index (χ1n) is 3.74. The van der Waals surface area contributed by atoms with Crippen LogP contribution in [-0.2, 0) is 0 Å². The maximum atomic E-state index is 10.6. The molecule has 15 heavy (non-hydrogen) atoms. The molecule has 1 aromatic heterocycles. The van der Waals surface area contributed by atoms with E-state index in [1.165, 1.54) is 6.07 Å². The minimum Gasteiger partial charge on any atom is -0.477 e. The molecule has 0 unspecified atom stereocenters. The van der Waals surface area contributed by atoms with Gasteiger partial charge in [-0.1, -0.05) is 0 Å². The molecular weight excluding hydrogens is 202 g/mol. The largest absolute Gasteiger partial charge is 0.477 e. The van der Waals surface area contributed by atoms with Gasteiger partial charge in [-0.2, -0.15) is 4.99 Å². The number of nitrogens with zero attached hydrogens (tertiary/aromatic N) is 3. The van der Waals surface area contributed by atoms with Crippen molar-refractivity contribution < 1.29 is 9.90 Å². The van der Waals surface area contributed by atoms with Crippen molar-refractivity contribution in [3.8, 4) is 0 Å². The van der Waals surface area contributed by atoms with Gasteiger partial charge in [0.1, 0.15) is 6.33 Å². The van der Waals surface area contributed by atoms with E-state index in [0.29, 0.717) is 0 Å². The second-order valence-electron chi connectivity index (χ2n) is 2.32. The molecule has 1 aromatic rings. The fourth-order valence-corrected chi connectivity index (χ4v) is 0.746. The number of carboxylic acid groups (broad SMARTS) is 1. The van der Waals surface area contributed by atoms with Crippen molar-refractivity contribution in [1.82, 2.24) is 20.8 Å². The molecule has 0 saturated heterocycles. The van der Waals surface area contributed by atoms with Gasteiger partial charge in [0.2, 0.25) is 5.96 Å². The van der Waals surface area contributed by atoms with E-state index in [2.05, 4.69) is 25.8 Å². The van der Waals surface area contributed by atoms with Gasteiger partial charge < -0.3 is 5.11 Å². The molecule has 1 heterocycles. The van der Waals surface area contributed by atoms with E-state index in [4.69, 9.17) is 16.8 Å². The molecule has 0 spiro atoms. The van der Waals surface area contributed by atoms with E-state index >= 15 is 0 Å². The zero-order valence-electron chi connectivity index (χ0n) is 7.51. The third-order valence-electron chi connectivity index (χ3n) is 1.37. The molecule has 80 valence electrons. The topological polar surface area (TPSA) is 152 Å². The van der Waals surface area contributed by atoms with Gasteiger partial charge in [0, 0.05) is 6.07 Å². The van der Waals surface area contributed by atoms with Gasteiger partial charge in [0.25, 0.3) is 0 Å². The summed E-state index contributed by atoms with van der Waals surface area (Å²) in [6.07, 6.45) is 1.08. The van der Waals surface area contributed by atoms with E-state index in [1.54, 1.807) is 0 Å². The van der Waals surface area contributed by atoms with Crippen molar-refractivity contribution in [2.45, 2.75) is 0 Å². The highest BCUT2D eigenvalue weighted by molar-refractivity contribution is 5.86. The van der Waals surface area contributed by atoms with E-state index in [0.717, 1.165) is 6.33 Å². The van der Waals surface area contributed by atoms with Gasteiger partial charge in [-0.3, -0.25) is 10.9 Å². The number of rotatable bonds is 2. The highest BCUT2D eigenvalue weighted by Gasteiger charge is 2.05. The maximum Gasteiger partial charge on any atom is 0.354 e. The van der Waals surface area contributed by atoms with Gasteiger partial charge in [0.05, 0.1) is 0 Å². The van der Waals surface area contributed by atoms with Gasteiger partial charge >= 0.3 is 5.97 Å². The molecule has 0 aliphatic rings. The molecule has 9 nitrogen and oxygen atoms in total. The molecular formula is C6H9N7O2. The predicted molar refractivity (Wildman–Crippen MR) is 50.7 cm³/mol. The quantitative estimate of drug-likeness (QED) is 0.164. The van der Waals surface area contributed by atoms with Crippen molar-refractivity contribution >= 4 is 17.7 Å². The molecule has 0 amide bonds. The number of aliphatic imine (C=N–C) groups is 1. The number of aromatic carboxylic acids is 1. The first-order valence-corrected chi connectivity index (χ1v) is 3.74. The molecule has 0 atom stereocenters. The van der Waals surface area contributed by atoms with Crippen LogP contribution in [0, 0.1) is 0 Å². The molecule has 0 aliphatic heterocycles. The maximum absolute atomic E-state index is 10.6. The molecule has 7 N–H and O–H groups in total. The fraction of sp³-hybridized carbons (Fsp3) is 0. The standard InChI is InChI=1S/C6H9N7O2/c7-12-6(13-8)11-4-1-3(5(14)15)9-2-10-4/h1-2H,7-8H2,(H,14,15)(H2,9,10,11,12,13). The highest BCUT2D eigenvalue weighted by atomic mass is 16.4. The number of hydrogen-bond donors (Lipinski definition) is 5. The summed E-state index contributed by atoms with van der Waals surface area (Å²) in [5.74, 6) is 9.09. The molecule has 0 aromatic carbocycles. The summed E-state index contributed by atoms with van der Waals surface area (Å²) in [6.45, 7) is 0. The minimum absolute atomic E-state index is 0.0463. The summed E-state index contributed by atoms with van der Waals surface area (Å²) >= 11 is 0. The summed E-state index contributed by atoms with van der Waals surface area (Å²) in [5.41, 5.74) is 4.14. The SMILES string of the molecule is NNC(=Nc1cc(C(=O)O)ncn1)NN. The number of guanidine groups is 1. The molecule has 0 aliphatic carbocycles. The summed E-state index contributed by atoms with van der Waals surface area (Å²) < 4.78 is 0. The van der Waals surface area contributed by atoms with Crippen LogP contribution in [0.25, 0.3) is 0 Å². The van der Waals surface area contributed by atoms with Crippen molar-refractivity contribution in [3.63, 3.8) is 0 Å². The van der Waals surface area contributed by atoms with E-state index in [1.807, 2.05) is 0 Å². The van der Waals surface area contributed by atoms with E-state index in [-0.39, 0.29) is 17.5 Å². The van der Waals surface area contributed by atoms with Crippen molar-refractivity contribution in [3.05, 3.63) is 18.1 Å². The Kier molecular flexibility index (Phi) is 3.49. The molecule has 9 heteroatoms. The average Bonchev–Trinajstić information content (AvgIpc) is 2.26. The second kappa shape index (κ2) is 4.83. The number of nitrogens with two attached hydrogens (primary N) is 2. The average molecular weight is 211 g/mol. The number of nitrogens with one attached hydrogen (secondary N) is 2. The number of aromatic nitrogens is 2. The number of carboxylic acids is 1. The Hall–Kier alpha value is -2.26. The lowest BCUT2D eigenvalue weighted by atomic mass is 10.4. The van der Waals surface area contributed by atoms with Gasteiger partial charge in [-0.05, 0) is 0 Å². The smallest absolute Gasteiger partial charge is 0.354 e. The molecule has 0 radical (unpaired) electrons. The first kappa shape index (κ1) is 10.8. The third-order valence-corrected chi connectivity index (χ3v) is 1.37. The fourth-order valence-electron chi connectivity index (χ4n) is 0.746. The summed E-state index contributed by atoms with van der Waals surface area (Å²) in [7, 11) is 0. The lowest BCUT2D eigenvalue weighted by Crippen LogP contribution is -2.44. The Morgan fingerprint density at radius 3 is 2.60 bits per heavy atom. The Balaban J connectivity index is 3.00. The van der Waals surface area contributed by atoms with Crippen LogP contribution in [-0.4, -0.2) is 27.0 Å². The van der Waals surface area contributed by atoms with Crippen molar-refractivity contribution in [2.75, 3.05) is 0 Å². The van der Waals surface area contributed by atoms with Crippen LogP contribution in [0.3, 0.4) is 0 Å². The van der Waals surface area contributed by atoms with Crippen molar-refractivity contribution in [1.29, 1.82) is 0 Å². The summed E-state index contributed by atoms with van der Waals surface area (Å²) in [6, 6.07) is 1.18. The minimum atomic E-state index is -1.17. The van der Waals surface area contributed by atoms with E-state index < -0.39 is 5.97 Å². The third kappa shape index (κ3) is 2.86. The summed E-state index contributed by atoms with van der Waals surface area (Å²) in [4.78, 5) is 21.5. The van der Waals surface area contributed by atoms with Crippen LogP contribution < -0.4 is 22.5 Å². The Morgan fingerprint density at radius 2 is 2.07 bits per heavy atom. The first-order chi connectivity index (χ1) is 7.17. The monoisotopic (exact) mass is 211 g/mol. The highest BCUT2D eigenvalue weighted by Crippen LogP contribution is 2.07. The number of hydrogen-bond acceptors (Lipinski definition) is 6. The Morgan fingerprint density at radius 1 is 1.40 bits per heavy atom.